The normalized spacial score (nSPS) is 10.9. The van der Waals surface area contributed by atoms with Gasteiger partial charge in [0.2, 0.25) is 0 Å². The number of hydrogen-bond donors (Lipinski definition) is 1. The van der Waals surface area contributed by atoms with Gasteiger partial charge < -0.3 is 14.6 Å². The third-order valence-corrected chi connectivity index (χ3v) is 2.19. The fourth-order valence-corrected chi connectivity index (χ4v) is 1.23. The standard InChI is InChI=1S/C13H14O5/c1-9(7-12(14)15)13(16)18-8-10-3-5-11(17-2)6-4-10/h3-7H,8H2,1-2H3,(H,14,15)/b9-7+. The number of esters is 1. The highest BCUT2D eigenvalue weighted by molar-refractivity contribution is 5.95. The van der Waals surface area contributed by atoms with E-state index in [1.54, 1.807) is 31.4 Å². The SMILES string of the molecule is COc1ccc(COC(=O)/C(C)=C/C(=O)O)cc1. The number of carbonyl (C=O) groups excluding carboxylic acids is 1. The zero-order chi connectivity index (χ0) is 13.5. The predicted octanol–water partition coefficient (Wildman–Crippen LogP) is 1.77. The van der Waals surface area contributed by atoms with Crippen LogP contribution in [0, 0.1) is 0 Å². The van der Waals surface area contributed by atoms with Gasteiger partial charge in [-0.15, -0.1) is 0 Å². The van der Waals surface area contributed by atoms with E-state index in [1.807, 2.05) is 0 Å². The molecular weight excluding hydrogens is 236 g/mol. The molecule has 0 aliphatic heterocycles. The summed E-state index contributed by atoms with van der Waals surface area (Å²) >= 11 is 0. The van der Waals surface area contributed by atoms with Crippen LogP contribution in [0.2, 0.25) is 0 Å². The van der Waals surface area contributed by atoms with Gasteiger partial charge >= 0.3 is 11.9 Å². The Hall–Kier alpha value is -2.30. The topological polar surface area (TPSA) is 72.8 Å². The van der Waals surface area contributed by atoms with Crippen molar-refractivity contribution in [3.8, 4) is 5.75 Å². The molecule has 1 aromatic carbocycles. The van der Waals surface area contributed by atoms with Crippen LogP contribution in [0.25, 0.3) is 0 Å². The van der Waals surface area contributed by atoms with Gasteiger partial charge in [0, 0.05) is 11.6 Å². The van der Waals surface area contributed by atoms with Crippen LogP contribution in [0.1, 0.15) is 12.5 Å². The second-order valence-corrected chi connectivity index (χ2v) is 3.59. The number of carboxylic acid groups (broad SMARTS) is 1. The molecule has 5 nitrogen and oxygen atoms in total. The number of ether oxygens (including phenoxy) is 2. The molecule has 0 amide bonds. The largest absolute Gasteiger partial charge is 0.497 e. The van der Waals surface area contributed by atoms with E-state index in [9.17, 15) is 9.59 Å². The molecule has 0 bridgehead atoms. The maximum Gasteiger partial charge on any atom is 0.334 e. The van der Waals surface area contributed by atoms with E-state index in [0.717, 1.165) is 11.6 Å². The maximum atomic E-state index is 11.4. The monoisotopic (exact) mass is 250 g/mol. The van der Waals surface area contributed by atoms with Crippen molar-refractivity contribution in [2.24, 2.45) is 0 Å². The van der Waals surface area contributed by atoms with Crippen LogP contribution in [-0.2, 0) is 20.9 Å². The molecule has 0 atom stereocenters. The summed E-state index contributed by atoms with van der Waals surface area (Å²) in [6.45, 7) is 1.48. The second kappa shape index (κ2) is 6.44. The Bertz CT molecular complexity index is 459. The minimum atomic E-state index is -1.17. The number of hydrogen-bond acceptors (Lipinski definition) is 4. The Labute approximate surface area is 105 Å². The van der Waals surface area contributed by atoms with Gasteiger partial charge in [0.05, 0.1) is 7.11 Å². The number of rotatable bonds is 5. The van der Waals surface area contributed by atoms with Crippen LogP contribution in [-0.4, -0.2) is 24.2 Å². The van der Waals surface area contributed by atoms with Crippen molar-refractivity contribution in [2.75, 3.05) is 7.11 Å². The van der Waals surface area contributed by atoms with Gasteiger partial charge in [-0.2, -0.15) is 0 Å². The van der Waals surface area contributed by atoms with Crippen molar-refractivity contribution in [3.63, 3.8) is 0 Å². The molecule has 0 spiro atoms. The van der Waals surface area contributed by atoms with E-state index >= 15 is 0 Å². The molecule has 0 aliphatic carbocycles. The average molecular weight is 250 g/mol. The first kappa shape index (κ1) is 13.8. The van der Waals surface area contributed by atoms with Crippen LogP contribution in [0.5, 0.6) is 5.75 Å². The van der Waals surface area contributed by atoms with Gasteiger partial charge in [-0.05, 0) is 24.6 Å². The first-order chi connectivity index (χ1) is 8.52. The molecule has 0 saturated heterocycles. The van der Waals surface area contributed by atoms with Crippen molar-refractivity contribution < 1.29 is 24.2 Å². The molecule has 1 rings (SSSR count). The van der Waals surface area contributed by atoms with Crippen molar-refractivity contribution in [1.29, 1.82) is 0 Å². The van der Waals surface area contributed by atoms with Gasteiger partial charge in [0.15, 0.2) is 0 Å². The van der Waals surface area contributed by atoms with E-state index < -0.39 is 11.9 Å². The van der Waals surface area contributed by atoms with Crippen molar-refractivity contribution in [3.05, 3.63) is 41.5 Å². The lowest BCUT2D eigenvalue weighted by molar-refractivity contribution is -0.141. The molecule has 0 saturated carbocycles. The summed E-state index contributed by atoms with van der Waals surface area (Å²) in [6.07, 6.45) is 0.816. The van der Waals surface area contributed by atoms with Crippen molar-refractivity contribution >= 4 is 11.9 Å². The van der Waals surface area contributed by atoms with Crippen LogP contribution >= 0.6 is 0 Å². The lowest BCUT2D eigenvalue weighted by atomic mass is 10.2. The minimum absolute atomic E-state index is 0.0519. The molecule has 0 radical (unpaired) electrons. The summed E-state index contributed by atoms with van der Waals surface area (Å²) in [7, 11) is 1.56. The van der Waals surface area contributed by atoms with Crippen LogP contribution in [0.3, 0.4) is 0 Å². The van der Waals surface area contributed by atoms with Crippen molar-refractivity contribution in [2.45, 2.75) is 13.5 Å². The Morgan fingerprint density at radius 3 is 2.39 bits per heavy atom. The third kappa shape index (κ3) is 4.29. The Balaban J connectivity index is 2.54. The molecular formula is C13H14O5. The quantitative estimate of drug-likeness (QED) is 0.637. The molecule has 0 fully saturated rings. The Morgan fingerprint density at radius 2 is 1.89 bits per heavy atom. The Kier molecular flexibility index (Phi) is 4.92. The molecule has 0 aliphatic rings. The maximum absolute atomic E-state index is 11.4. The fourth-order valence-electron chi connectivity index (χ4n) is 1.23. The number of carbonyl (C=O) groups is 2. The number of carboxylic acids is 1. The van der Waals surface area contributed by atoms with Crippen LogP contribution in [0.4, 0.5) is 0 Å². The van der Waals surface area contributed by atoms with E-state index in [0.29, 0.717) is 5.75 Å². The number of benzene rings is 1. The summed E-state index contributed by atoms with van der Waals surface area (Å²) in [4.78, 5) is 21.8. The average Bonchev–Trinajstić information content (AvgIpc) is 2.35. The molecule has 0 unspecified atom stereocenters. The minimum Gasteiger partial charge on any atom is -0.497 e. The fraction of sp³-hybridized carbons (Fsp3) is 0.231. The molecule has 96 valence electrons. The highest BCUT2D eigenvalue weighted by atomic mass is 16.5. The molecule has 0 heterocycles. The summed E-state index contributed by atoms with van der Waals surface area (Å²) in [5.41, 5.74) is 0.850. The van der Waals surface area contributed by atoms with E-state index in [1.165, 1.54) is 6.92 Å². The molecule has 0 aromatic heterocycles. The Morgan fingerprint density at radius 1 is 1.28 bits per heavy atom. The first-order valence-electron chi connectivity index (χ1n) is 5.24. The summed E-state index contributed by atoms with van der Waals surface area (Å²) in [5.74, 6) is -1.10. The van der Waals surface area contributed by atoms with Gasteiger partial charge in [-0.1, -0.05) is 12.1 Å². The number of methoxy groups -OCH3 is 1. The van der Waals surface area contributed by atoms with Crippen molar-refractivity contribution in [1.82, 2.24) is 0 Å². The van der Waals surface area contributed by atoms with Gasteiger partial charge in [0.25, 0.3) is 0 Å². The lowest BCUT2D eigenvalue weighted by Gasteiger charge is -2.05. The summed E-state index contributed by atoms with van der Waals surface area (Å²) in [6, 6.07) is 7.04. The van der Waals surface area contributed by atoms with E-state index in [-0.39, 0.29) is 12.2 Å². The van der Waals surface area contributed by atoms with E-state index in [4.69, 9.17) is 14.6 Å². The molecule has 18 heavy (non-hydrogen) atoms. The summed E-state index contributed by atoms with van der Waals surface area (Å²) in [5, 5.41) is 8.48. The molecule has 5 heteroatoms. The highest BCUT2D eigenvalue weighted by Crippen LogP contribution is 2.12. The zero-order valence-electron chi connectivity index (χ0n) is 10.2. The predicted molar refractivity (Wildman–Crippen MR) is 64.2 cm³/mol. The van der Waals surface area contributed by atoms with E-state index in [2.05, 4.69) is 0 Å². The smallest absolute Gasteiger partial charge is 0.334 e. The van der Waals surface area contributed by atoms with Crippen LogP contribution in [0.15, 0.2) is 35.9 Å². The number of aliphatic carboxylic acids is 1. The first-order valence-corrected chi connectivity index (χ1v) is 5.24. The van der Waals surface area contributed by atoms with Gasteiger partial charge in [-0.3, -0.25) is 0 Å². The van der Waals surface area contributed by atoms with Crippen LogP contribution < -0.4 is 4.74 Å². The van der Waals surface area contributed by atoms with Gasteiger partial charge in [-0.25, -0.2) is 9.59 Å². The highest BCUT2D eigenvalue weighted by Gasteiger charge is 2.07. The van der Waals surface area contributed by atoms with Gasteiger partial charge in [0.1, 0.15) is 12.4 Å². The molecule has 1 N–H and O–H groups in total. The zero-order valence-corrected chi connectivity index (χ0v) is 10.2. The lowest BCUT2D eigenvalue weighted by Crippen LogP contribution is -2.07. The summed E-state index contributed by atoms with van der Waals surface area (Å²) < 4.78 is 9.95. The second-order valence-electron chi connectivity index (χ2n) is 3.59. The molecule has 1 aromatic rings. The third-order valence-electron chi connectivity index (χ3n) is 2.19.